The Morgan fingerprint density at radius 3 is 2.81 bits per heavy atom. The summed E-state index contributed by atoms with van der Waals surface area (Å²) in [6.45, 7) is 3.11. The molecule has 16 heavy (non-hydrogen) atoms. The summed E-state index contributed by atoms with van der Waals surface area (Å²) in [7, 11) is 0. The summed E-state index contributed by atoms with van der Waals surface area (Å²) in [5.41, 5.74) is 5.48. The van der Waals surface area contributed by atoms with Crippen LogP contribution in [0.5, 0.6) is 0 Å². The predicted octanol–water partition coefficient (Wildman–Crippen LogP) is 1.54. The van der Waals surface area contributed by atoms with E-state index in [1.54, 1.807) is 12.1 Å². The van der Waals surface area contributed by atoms with Gasteiger partial charge in [0.2, 0.25) is 0 Å². The summed E-state index contributed by atoms with van der Waals surface area (Å²) in [6.07, 6.45) is 0.845. The Bertz CT molecular complexity index is 355. The lowest BCUT2D eigenvalue weighted by Gasteiger charge is -2.11. The van der Waals surface area contributed by atoms with E-state index >= 15 is 0 Å². The maximum atomic E-state index is 13.2. The Labute approximate surface area is 94.8 Å². The Hall–Kier alpha value is -1.42. The summed E-state index contributed by atoms with van der Waals surface area (Å²) in [5, 5.41) is 2.69. The molecule has 0 aromatic heterocycles. The van der Waals surface area contributed by atoms with Crippen molar-refractivity contribution in [3.8, 4) is 0 Å². The molecule has 0 spiro atoms. The second-order valence-corrected chi connectivity index (χ2v) is 3.87. The van der Waals surface area contributed by atoms with Crippen molar-refractivity contribution in [3.05, 3.63) is 35.6 Å². The second-order valence-electron chi connectivity index (χ2n) is 3.87. The zero-order valence-electron chi connectivity index (χ0n) is 9.37. The molecule has 88 valence electrons. The number of amides is 1. The number of rotatable bonds is 5. The lowest BCUT2D eigenvalue weighted by atomic mass is 10.1. The van der Waals surface area contributed by atoms with Gasteiger partial charge in [0.25, 0.3) is 5.91 Å². The Morgan fingerprint density at radius 1 is 1.50 bits per heavy atom. The molecule has 0 aliphatic heterocycles. The molecular formula is C12H17FN2O. The fourth-order valence-corrected chi connectivity index (χ4v) is 1.39. The number of nitrogens with two attached hydrogens (primary N) is 1. The van der Waals surface area contributed by atoms with Gasteiger partial charge in [-0.1, -0.05) is 19.1 Å². The molecule has 1 atom stereocenters. The smallest absolute Gasteiger partial charge is 0.254 e. The normalized spacial score (nSPS) is 12.2. The van der Waals surface area contributed by atoms with E-state index in [0.717, 1.165) is 6.42 Å². The van der Waals surface area contributed by atoms with E-state index in [1.807, 2.05) is 6.92 Å². The highest BCUT2D eigenvalue weighted by Crippen LogP contribution is 2.06. The van der Waals surface area contributed by atoms with Gasteiger partial charge in [-0.15, -0.1) is 0 Å². The van der Waals surface area contributed by atoms with Crippen molar-refractivity contribution in [3.63, 3.8) is 0 Å². The van der Waals surface area contributed by atoms with Crippen LogP contribution in [-0.4, -0.2) is 19.0 Å². The number of benzene rings is 1. The number of hydrogen-bond acceptors (Lipinski definition) is 2. The topological polar surface area (TPSA) is 55.1 Å². The van der Waals surface area contributed by atoms with Gasteiger partial charge in [-0.25, -0.2) is 4.39 Å². The lowest BCUT2D eigenvalue weighted by Crippen LogP contribution is -2.29. The van der Waals surface area contributed by atoms with Crippen molar-refractivity contribution >= 4 is 5.91 Å². The lowest BCUT2D eigenvalue weighted by molar-refractivity contribution is 0.0943. The van der Waals surface area contributed by atoms with E-state index in [1.165, 1.54) is 12.1 Å². The molecule has 3 N–H and O–H groups in total. The highest BCUT2D eigenvalue weighted by Gasteiger charge is 2.11. The van der Waals surface area contributed by atoms with Crippen molar-refractivity contribution in [1.29, 1.82) is 0 Å². The van der Waals surface area contributed by atoms with E-state index in [-0.39, 0.29) is 11.5 Å². The fraction of sp³-hybridized carbons (Fsp3) is 0.417. The SMILES string of the molecule is CC(CCN)CNC(=O)c1ccccc1F. The summed E-state index contributed by atoms with van der Waals surface area (Å²) in [5.74, 6) is -0.561. The summed E-state index contributed by atoms with van der Waals surface area (Å²) < 4.78 is 13.2. The molecule has 1 aromatic rings. The first-order chi connectivity index (χ1) is 7.65. The van der Waals surface area contributed by atoms with Gasteiger partial charge in [0.1, 0.15) is 5.82 Å². The van der Waals surface area contributed by atoms with Gasteiger partial charge < -0.3 is 11.1 Å². The van der Waals surface area contributed by atoms with Gasteiger partial charge >= 0.3 is 0 Å². The van der Waals surface area contributed by atoms with E-state index in [9.17, 15) is 9.18 Å². The molecule has 0 aliphatic rings. The predicted molar refractivity (Wildman–Crippen MR) is 61.6 cm³/mol. The largest absolute Gasteiger partial charge is 0.352 e. The highest BCUT2D eigenvalue weighted by molar-refractivity contribution is 5.94. The molecular weight excluding hydrogens is 207 g/mol. The molecule has 0 aliphatic carbocycles. The molecule has 0 heterocycles. The van der Waals surface area contributed by atoms with E-state index in [2.05, 4.69) is 5.32 Å². The minimum absolute atomic E-state index is 0.0856. The van der Waals surface area contributed by atoms with Crippen molar-refractivity contribution in [2.45, 2.75) is 13.3 Å². The number of hydrogen-bond donors (Lipinski definition) is 2. The van der Waals surface area contributed by atoms with Crippen molar-refractivity contribution in [1.82, 2.24) is 5.32 Å². The molecule has 1 aromatic carbocycles. The Balaban J connectivity index is 2.50. The van der Waals surface area contributed by atoms with Crippen LogP contribution in [0, 0.1) is 11.7 Å². The van der Waals surface area contributed by atoms with Crippen LogP contribution < -0.4 is 11.1 Å². The molecule has 0 radical (unpaired) electrons. The van der Waals surface area contributed by atoms with Gasteiger partial charge in [-0.3, -0.25) is 4.79 Å². The van der Waals surface area contributed by atoms with Gasteiger partial charge in [0.15, 0.2) is 0 Å². The summed E-state index contributed by atoms with van der Waals surface area (Å²) in [4.78, 5) is 11.6. The van der Waals surface area contributed by atoms with Crippen LogP contribution in [0.3, 0.4) is 0 Å². The zero-order valence-corrected chi connectivity index (χ0v) is 9.37. The first-order valence-corrected chi connectivity index (χ1v) is 5.38. The highest BCUT2D eigenvalue weighted by atomic mass is 19.1. The Kier molecular flexibility index (Phi) is 4.92. The van der Waals surface area contributed by atoms with E-state index in [0.29, 0.717) is 19.0 Å². The van der Waals surface area contributed by atoms with Crippen molar-refractivity contribution in [2.75, 3.05) is 13.1 Å². The number of halogens is 1. The third-order valence-electron chi connectivity index (χ3n) is 2.39. The maximum absolute atomic E-state index is 13.2. The van der Waals surface area contributed by atoms with Gasteiger partial charge in [-0.05, 0) is 31.0 Å². The van der Waals surface area contributed by atoms with Crippen LogP contribution in [0.15, 0.2) is 24.3 Å². The number of carbonyl (C=O) groups excluding carboxylic acids is 1. The Morgan fingerprint density at radius 2 is 2.19 bits per heavy atom. The van der Waals surface area contributed by atoms with Gasteiger partial charge in [-0.2, -0.15) is 0 Å². The van der Waals surface area contributed by atoms with Crippen LogP contribution in [0.4, 0.5) is 4.39 Å². The number of carbonyl (C=O) groups is 1. The molecule has 1 rings (SSSR count). The minimum atomic E-state index is -0.494. The molecule has 1 amide bonds. The average molecular weight is 224 g/mol. The third kappa shape index (κ3) is 3.62. The minimum Gasteiger partial charge on any atom is -0.352 e. The van der Waals surface area contributed by atoms with Crippen LogP contribution in [-0.2, 0) is 0 Å². The molecule has 1 unspecified atom stereocenters. The molecule has 0 bridgehead atoms. The van der Waals surface area contributed by atoms with Crippen LogP contribution >= 0.6 is 0 Å². The van der Waals surface area contributed by atoms with Crippen LogP contribution in [0.2, 0.25) is 0 Å². The molecule has 0 saturated carbocycles. The zero-order chi connectivity index (χ0) is 12.0. The first kappa shape index (κ1) is 12.6. The maximum Gasteiger partial charge on any atom is 0.254 e. The fourth-order valence-electron chi connectivity index (χ4n) is 1.39. The molecule has 3 nitrogen and oxygen atoms in total. The monoisotopic (exact) mass is 224 g/mol. The van der Waals surface area contributed by atoms with Crippen molar-refractivity contribution < 1.29 is 9.18 Å². The standard InChI is InChI=1S/C12H17FN2O/c1-9(6-7-14)8-15-12(16)10-4-2-3-5-11(10)13/h2-5,9H,6-8,14H2,1H3,(H,15,16). The molecule has 4 heteroatoms. The first-order valence-electron chi connectivity index (χ1n) is 5.38. The average Bonchev–Trinajstić information content (AvgIpc) is 2.27. The summed E-state index contributed by atoms with van der Waals surface area (Å²) >= 11 is 0. The van der Waals surface area contributed by atoms with Gasteiger partial charge in [0, 0.05) is 6.54 Å². The van der Waals surface area contributed by atoms with Gasteiger partial charge in [0.05, 0.1) is 5.56 Å². The van der Waals surface area contributed by atoms with Crippen LogP contribution in [0.1, 0.15) is 23.7 Å². The quantitative estimate of drug-likeness (QED) is 0.797. The third-order valence-corrected chi connectivity index (χ3v) is 2.39. The number of nitrogens with one attached hydrogen (secondary N) is 1. The summed E-state index contributed by atoms with van der Waals surface area (Å²) in [6, 6.07) is 5.95. The van der Waals surface area contributed by atoms with E-state index < -0.39 is 5.82 Å². The molecule has 0 fully saturated rings. The second kappa shape index (κ2) is 6.23. The molecule has 0 saturated heterocycles. The van der Waals surface area contributed by atoms with Crippen LogP contribution in [0.25, 0.3) is 0 Å². The van der Waals surface area contributed by atoms with Crippen molar-refractivity contribution in [2.24, 2.45) is 11.7 Å². The van der Waals surface area contributed by atoms with E-state index in [4.69, 9.17) is 5.73 Å².